The zero-order valence-electron chi connectivity index (χ0n) is 16.8. The Morgan fingerprint density at radius 3 is 2.43 bits per heavy atom. The Balaban J connectivity index is 1.63. The number of rotatable bonds is 4. The van der Waals surface area contributed by atoms with Crippen molar-refractivity contribution in [3.8, 4) is 0 Å². The highest BCUT2D eigenvalue weighted by molar-refractivity contribution is 6.13. The van der Waals surface area contributed by atoms with E-state index in [9.17, 15) is 14.4 Å². The van der Waals surface area contributed by atoms with Crippen molar-refractivity contribution in [1.82, 2.24) is 4.57 Å². The number of hydrogen-bond donors (Lipinski definition) is 2. The molecule has 1 aliphatic rings. The first-order valence-electron chi connectivity index (χ1n) is 9.99. The molecule has 0 atom stereocenters. The summed E-state index contributed by atoms with van der Waals surface area (Å²) >= 11 is 0. The van der Waals surface area contributed by atoms with Crippen LogP contribution in [-0.4, -0.2) is 29.5 Å². The van der Waals surface area contributed by atoms with Gasteiger partial charge in [-0.1, -0.05) is 30.3 Å². The standard InChI is InChI=1S/C23H24N4O3/c1-26-19-8-4-2-6-16(19)17(14-21(26)28)23(30)25-18-7-3-5-9-20(18)27-12-10-15(11-13-27)22(24)29/h2-9,14-15H,10-13H2,1H3,(H2,24,29)(H,25,30). The topological polar surface area (TPSA) is 97.4 Å². The number of piperidine rings is 1. The van der Waals surface area contributed by atoms with Gasteiger partial charge in [0.1, 0.15) is 0 Å². The van der Waals surface area contributed by atoms with Crippen LogP contribution in [-0.2, 0) is 11.8 Å². The van der Waals surface area contributed by atoms with Crippen LogP contribution in [0.4, 0.5) is 11.4 Å². The lowest BCUT2D eigenvalue weighted by Crippen LogP contribution is -2.38. The molecule has 1 aliphatic heterocycles. The summed E-state index contributed by atoms with van der Waals surface area (Å²) in [7, 11) is 1.69. The molecular formula is C23H24N4O3. The molecule has 30 heavy (non-hydrogen) atoms. The minimum Gasteiger partial charge on any atom is -0.370 e. The number of nitrogens with one attached hydrogen (secondary N) is 1. The van der Waals surface area contributed by atoms with E-state index in [0.29, 0.717) is 42.7 Å². The van der Waals surface area contributed by atoms with Gasteiger partial charge in [-0.05, 0) is 31.0 Å². The minimum atomic E-state index is -0.330. The smallest absolute Gasteiger partial charge is 0.256 e. The van der Waals surface area contributed by atoms with Crippen LogP contribution in [0, 0.1) is 5.92 Å². The molecule has 2 heterocycles. The summed E-state index contributed by atoms with van der Waals surface area (Å²) in [4.78, 5) is 39.1. The highest BCUT2D eigenvalue weighted by atomic mass is 16.2. The number of carbonyl (C=O) groups is 2. The van der Waals surface area contributed by atoms with E-state index >= 15 is 0 Å². The van der Waals surface area contributed by atoms with E-state index in [1.807, 2.05) is 48.5 Å². The van der Waals surface area contributed by atoms with Crippen molar-refractivity contribution in [2.75, 3.05) is 23.3 Å². The third-order valence-corrected chi connectivity index (χ3v) is 5.79. The molecule has 0 spiro atoms. The predicted molar refractivity (Wildman–Crippen MR) is 118 cm³/mol. The predicted octanol–water partition coefficient (Wildman–Crippen LogP) is 2.49. The molecule has 2 amide bonds. The maximum Gasteiger partial charge on any atom is 0.256 e. The van der Waals surface area contributed by atoms with E-state index in [1.54, 1.807) is 7.05 Å². The van der Waals surface area contributed by atoms with Crippen LogP contribution in [0.5, 0.6) is 0 Å². The zero-order valence-corrected chi connectivity index (χ0v) is 16.8. The largest absolute Gasteiger partial charge is 0.370 e. The Morgan fingerprint density at radius 2 is 1.70 bits per heavy atom. The molecule has 154 valence electrons. The van der Waals surface area contributed by atoms with Crippen LogP contribution in [0.3, 0.4) is 0 Å². The summed E-state index contributed by atoms with van der Waals surface area (Å²) in [6.45, 7) is 1.38. The number of hydrogen-bond acceptors (Lipinski definition) is 4. The summed E-state index contributed by atoms with van der Waals surface area (Å²) in [5, 5.41) is 3.70. The number of pyridine rings is 1. The minimum absolute atomic E-state index is 0.102. The second-order valence-corrected chi connectivity index (χ2v) is 7.61. The van der Waals surface area contributed by atoms with E-state index in [1.165, 1.54) is 10.6 Å². The summed E-state index contributed by atoms with van der Waals surface area (Å²) < 4.78 is 1.53. The highest BCUT2D eigenvalue weighted by Crippen LogP contribution is 2.30. The lowest BCUT2D eigenvalue weighted by Gasteiger charge is -2.33. The Kier molecular flexibility index (Phi) is 5.27. The number of primary amides is 1. The van der Waals surface area contributed by atoms with Crippen LogP contribution < -0.4 is 21.5 Å². The number of aryl methyl sites for hydroxylation is 1. The number of anilines is 2. The third kappa shape index (κ3) is 3.66. The van der Waals surface area contributed by atoms with Crippen molar-refractivity contribution < 1.29 is 9.59 Å². The number of aromatic nitrogens is 1. The highest BCUT2D eigenvalue weighted by Gasteiger charge is 2.25. The molecule has 4 rings (SSSR count). The maximum atomic E-state index is 13.1. The zero-order chi connectivity index (χ0) is 21.3. The molecular weight excluding hydrogens is 380 g/mol. The molecule has 3 aromatic rings. The van der Waals surface area contributed by atoms with Gasteiger partial charge in [0.25, 0.3) is 11.5 Å². The molecule has 3 N–H and O–H groups in total. The van der Waals surface area contributed by atoms with Gasteiger partial charge in [0.05, 0.1) is 22.5 Å². The molecule has 2 aromatic carbocycles. The second kappa shape index (κ2) is 8.02. The van der Waals surface area contributed by atoms with Gasteiger partial charge in [-0.15, -0.1) is 0 Å². The average Bonchev–Trinajstić information content (AvgIpc) is 2.76. The van der Waals surface area contributed by atoms with Crippen LogP contribution in [0.25, 0.3) is 10.9 Å². The van der Waals surface area contributed by atoms with Crippen molar-refractivity contribution in [2.24, 2.45) is 18.7 Å². The van der Waals surface area contributed by atoms with E-state index < -0.39 is 0 Å². The average molecular weight is 404 g/mol. The number of benzene rings is 2. The van der Waals surface area contributed by atoms with Gasteiger partial charge in [-0.25, -0.2) is 0 Å². The molecule has 0 unspecified atom stereocenters. The Bertz CT molecular complexity index is 1180. The van der Waals surface area contributed by atoms with Crippen molar-refractivity contribution in [1.29, 1.82) is 0 Å². The summed E-state index contributed by atoms with van der Waals surface area (Å²) in [5.41, 5.74) is 7.81. The van der Waals surface area contributed by atoms with Gasteiger partial charge in [0.2, 0.25) is 5.91 Å². The van der Waals surface area contributed by atoms with Gasteiger partial charge >= 0.3 is 0 Å². The molecule has 1 aromatic heterocycles. The fourth-order valence-corrected chi connectivity index (χ4v) is 4.05. The number of carbonyl (C=O) groups excluding carboxylic acids is 2. The van der Waals surface area contributed by atoms with E-state index in [4.69, 9.17) is 5.73 Å². The first kappa shape index (κ1) is 19.7. The number of amides is 2. The lowest BCUT2D eigenvalue weighted by atomic mass is 9.96. The number of fused-ring (bicyclic) bond motifs is 1. The molecule has 0 radical (unpaired) electrons. The normalized spacial score (nSPS) is 14.6. The SMILES string of the molecule is Cn1c(=O)cc(C(=O)Nc2ccccc2N2CCC(C(N)=O)CC2)c2ccccc21. The van der Waals surface area contributed by atoms with E-state index in [0.717, 1.165) is 11.1 Å². The van der Waals surface area contributed by atoms with E-state index in [2.05, 4.69) is 10.2 Å². The molecule has 0 bridgehead atoms. The van der Waals surface area contributed by atoms with Crippen molar-refractivity contribution >= 4 is 34.1 Å². The molecule has 0 saturated carbocycles. The van der Waals surface area contributed by atoms with Gasteiger partial charge in [0.15, 0.2) is 0 Å². The molecule has 7 nitrogen and oxygen atoms in total. The quantitative estimate of drug-likeness (QED) is 0.698. The van der Waals surface area contributed by atoms with Crippen LogP contribution in [0.2, 0.25) is 0 Å². The Hall–Kier alpha value is -3.61. The molecule has 1 fully saturated rings. The summed E-state index contributed by atoms with van der Waals surface area (Å²) in [6.07, 6.45) is 1.38. The fourth-order valence-electron chi connectivity index (χ4n) is 4.05. The van der Waals surface area contributed by atoms with Gasteiger partial charge in [-0.2, -0.15) is 0 Å². The lowest BCUT2D eigenvalue weighted by molar-refractivity contribution is -0.122. The summed E-state index contributed by atoms with van der Waals surface area (Å²) in [5.74, 6) is -0.688. The number of para-hydroxylation sites is 3. The van der Waals surface area contributed by atoms with E-state index in [-0.39, 0.29) is 23.3 Å². The molecule has 1 saturated heterocycles. The first-order valence-corrected chi connectivity index (χ1v) is 9.99. The van der Waals surface area contributed by atoms with Gasteiger partial charge in [0, 0.05) is 37.5 Å². The monoisotopic (exact) mass is 404 g/mol. The first-order chi connectivity index (χ1) is 14.5. The van der Waals surface area contributed by atoms with Crippen LogP contribution in [0.15, 0.2) is 59.4 Å². The molecule has 0 aliphatic carbocycles. The van der Waals surface area contributed by atoms with Crippen molar-refractivity contribution in [2.45, 2.75) is 12.8 Å². The Labute approximate surface area is 174 Å². The number of nitrogens with zero attached hydrogens (tertiary/aromatic N) is 2. The fraction of sp³-hybridized carbons (Fsp3) is 0.261. The van der Waals surface area contributed by atoms with Crippen LogP contribution >= 0.6 is 0 Å². The maximum absolute atomic E-state index is 13.1. The summed E-state index contributed by atoms with van der Waals surface area (Å²) in [6, 6.07) is 16.3. The molecule has 7 heteroatoms. The van der Waals surface area contributed by atoms with Crippen molar-refractivity contribution in [3.63, 3.8) is 0 Å². The van der Waals surface area contributed by atoms with Crippen molar-refractivity contribution in [3.05, 3.63) is 70.5 Å². The second-order valence-electron chi connectivity index (χ2n) is 7.61. The van der Waals surface area contributed by atoms with Gasteiger partial charge in [-0.3, -0.25) is 14.4 Å². The van der Waals surface area contributed by atoms with Gasteiger partial charge < -0.3 is 20.5 Å². The third-order valence-electron chi connectivity index (χ3n) is 5.79. The Morgan fingerprint density at radius 1 is 1.03 bits per heavy atom. The van der Waals surface area contributed by atoms with Crippen LogP contribution in [0.1, 0.15) is 23.2 Å². The number of nitrogens with two attached hydrogens (primary N) is 1.